The molecule has 0 bridgehead atoms. The van der Waals surface area contributed by atoms with Gasteiger partial charge in [0.2, 0.25) is 0 Å². The zero-order valence-corrected chi connectivity index (χ0v) is 12.5. The van der Waals surface area contributed by atoms with Crippen molar-refractivity contribution < 1.29 is 5.11 Å². The first-order chi connectivity index (χ1) is 9.20. The number of hydrogen-bond acceptors (Lipinski definition) is 2. The number of benzene rings is 2. The van der Waals surface area contributed by atoms with Crippen LogP contribution < -0.4 is 5.32 Å². The Hall–Kier alpha value is -1.16. The molecule has 2 aromatic carbocycles. The predicted molar refractivity (Wildman–Crippen MR) is 82.0 cm³/mol. The van der Waals surface area contributed by atoms with Crippen LogP contribution in [0.3, 0.4) is 0 Å². The third-order valence-electron chi connectivity index (χ3n) is 3.13. The van der Waals surface area contributed by atoms with E-state index in [1.54, 1.807) is 0 Å². The van der Waals surface area contributed by atoms with Gasteiger partial charge in [-0.3, -0.25) is 0 Å². The van der Waals surface area contributed by atoms with E-state index in [9.17, 15) is 5.11 Å². The second-order valence-corrected chi connectivity index (χ2v) is 5.48. The average molecular weight is 320 g/mol. The fourth-order valence-corrected chi connectivity index (χ4v) is 2.64. The molecule has 0 heterocycles. The van der Waals surface area contributed by atoms with Gasteiger partial charge in [0, 0.05) is 11.0 Å². The first kappa shape index (κ1) is 14.3. The SMILES string of the molecule is Cc1ccc(CN[C@@H](CO)c2ccccc2)c(Br)c1. The number of aryl methyl sites for hydroxylation is 1. The maximum absolute atomic E-state index is 9.50. The maximum atomic E-state index is 9.50. The first-order valence-corrected chi connectivity index (χ1v) is 7.14. The lowest BCUT2D eigenvalue weighted by Crippen LogP contribution is -2.24. The van der Waals surface area contributed by atoms with Gasteiger partial charge in [0.25, 0.3) is 0 Å². The summed E-state index contributed by atoms with van der Waals surface area (Å²) in [5.41, 5.74) is 3.53. The van der Waals surface area contributed by atoms with Crippen LogP contribution in [0.4, 0.5) is 0 Å². The van der Waals surface area contributed by atoms with E-state index in [2.05, 4.69) is 46.4 Å². The fraction of sp³-hybridized carbons (Fsp3) is 0.250. The lowest BCUT2D eigenvalue weighted by atomic mass is 10.1. The smallest absolute Gasteiger partial charge is 0.0626 e. The molecule has 0 aliphatic heterocycles. The minimum atomic E-state index is -0.0330. The Balaban J connectivity index is 2.04. The Morgan fingerprint density at radius 3 is 2.53 bits per heavy atom. The molecule has 3 heteroatoms. The molecule has 0 aromatic heterocycles. The van der Waals surface area contributed by atoms with E-state index in [4.69, 9.17) is 0 Å². The van der Waals surface area contributed by atoms with Gasteiger partial charge >= 0.3 is 0 Å². The van der Waals surface area contributed by atoms with Gasteiger partial charge in [-0.1, -0.05) is 58.4 Å². The Kier molecular flexibility index (Phi) is 5.14. The molecule has 100 valence electrons. The van der Waals surface area contributed by atoms with Gasteiger partial charge in [0.1, 0.15) is 0 Å². The molecule has 0 spiro atoms. The highest BCUT2D eigenvalue weighted by atomic mass is 79.9. The summed E-state index contributed by atoms with van der Waals surface area (Å²) >= 11 is 3.57. The second kappa shape index (κ2) is 6.85. The van der Waals surface area contributed by atoms with Gasteiger partial charge in [-0.25, -0.2) is 0 Å². The molecular formula is C16H18BrNO. The van der Waals surface area contributed by atoms with E-state index in [1.165, 1.54) is 11.1 Å². The largest absolute Gasteiger partial charge is 0.394 e. The van der Waals surface area contributed by atoms with Crippen LogP contribution in [0.2, 0.25) is 0 Å². The summed E-state index contributed by atoms with van der Waals surface area (Å²) in [6, 6.07) is 16.3. The highest BCUT2D eigenvalue weighted by molar-refractivity contribution is 9.10. The van der Waals surface area contributed by atoms with Crippen molar-refractivity contribution in [3.63, 3.8) is 0 Å². The van der Waals surface area contributed by atoms with Gasteiger partial charge < -0.3 is 10.4 Å². The Morgan fingerprint density at radius 1 is 1.16 bits per heavy atom. The van der Waals surface area contributed by atoms with E-state index in [0.29, 0.717) is 0 Å². The summed E-state index contributed by atoms with van der Waals surface area (Å²) < 4.78 is 1.10. The van der Waals surface area contributed by atoms with Crippen molar-refractivity contribution >= 4 is 15.9 Å². The van der Waals surface area contributed by atoms with E-state index in [0.717, 1.165) is 16.6 Å². The molecule has 19 heavy (non-hydrogen) atoms. The lowest BCUT2D eigenvalue weighted by molar-refractivity contribution is 0.243. The van der Waals surface area contributed by atoms with Gasteiger partial charge in [-0.2, -0.15) is 0 Å². The number of halogens is 1. The Morgan fingerprint density at radius 2 is 1.89 bits per heavy atom. The number of hydrogen-bond donors (Lipinski definition) is 2. The van der Waals surface area contributed by atoms with Crippen LogP contribution in [-0.4, -0.2) is 11.7 Å². The van der Waals surface area contributed by atoms with Gasteiger partial charge in [0.15, 0.2) is 0 Å². The van der Waals surface area contributed by atoms with Crippen molar-refractivity contribution in [1.82, 2.24) is 5.32 Å². The van der Waals surface area contributed by atoms with Crippen molar-refractivity contribution in [2.24, 2.45) is 0 Å². The molecule has 0 saturated heterocycles. The van der Waals surface area contributed by atoms with Crippen LogP contribution in [0.1, 0.15) is 22.7 Å². The van der Waals surface area contributed by atoms with Gasteiger partial charge in [-0.15, -0.1) is 0 Å². The van der Waals surface area contributed by atoms with Crippen LogP contribution in [0.15, 0.2) is 53.0 Å². The molecule has 2 N–H and O–H groups in total. The van der Waals surface area contributed by atoms with Crippen LogP contribution in [-0.2, 0) is 6.54 Å². The molecular weight excluding hydrogens is 302 g/mol. The molecule has 2 aromatic rings. The zero-order valence-electron chi connectivity index (χ0n) is 10.9. The molecule has 0 radical (unpaired) electrons. The Bertz CT molecular complexity index is 528. The molecule has 2 rings (SSSR count). The Labute approximate surface area is 122 Å². The molecule has 0 unspecified atom stereocenters. The summed E-state index contributed by atoms with van der Waals surface area (Å²) in [5, 5.41) is 12.9. The van der Waals surface area contributed by atoms with Crippen LogP contribution in [0.25, 0.3) is 0 Å². The number of nitrogens with one attached hydrogen (secondary N) is 1. The molecule has 1 atom stereocenters. The number of aliphatic hydroxyl groups excluding tert-OH is 1. The summed E-state index contributed by atoms with van der Waals surface area (Å²) in [4.78, 5) is 0. The molecule has 0 aliphatic rings. The van der Waals surface area contributed by atoms with E-state index in [1.807, 2.05) is 30.3 Å². The maximum Gasteiger partial charge on any atom is 0.0626 e. The summed E-state index contributed by atoms with van der Waals surface area (Å²) in [7, 11) is 0. The van der Waals surface area contributed by atoms with Crippen LogP contribution in [0, 0.1) is 6.92 Å². The van der Waals surface area contributed by atoms with Crippen LogP contribution >= 0.6 is 15.9 Å². The van der Waals surface area contributed by atoms with E-state index >= 15 is 0 Å². The summed E-state index contributed by atoms with van der Waals surface area (Å²) in [5.74, 6) is 0. The van der Waals surface area contributed by atoms with E-state index < -0.39 is 0 Å². The van der Waals surface area contributed by atoms with Crippen LogP contribution in [0.5, 0.6) is 0 Å². The molecule has 0 aliphatic carbocycles. The zero-order chi connectivity index (χ0) is 13.7. The van der Waals surface area contributed by atoms with E-state index in [-0.39, 0.29) is 12.6 Å². The van der Waals surface area contributed by atoms with Gasteiger partial charge in [0.05, 0.1) is 12.6 Å². The second-order valence-electron chi connectivity index (χ2n) is 4.62. The van der Waals surface area contributed by atoms with Crippen molar-refractivity contribution in [1.29, 1.82) is 0 Å². The quantitative estimate of drug-likeness (QED) is 0.882. The molecule has 0 amide bonds. The van der Waals surface area contributed by atoms with Crippen molar-refractivity contribution in [2.75, 3.05) is 6.61 Å². The average Bonchev–Trinajstić information content (AvgIpc) is 2.43. The topological polar surface area (TPSA) is 32.3 Å². The summed E-state index contributed by atoms with van der Waals surface area (Å²) in [6.07, 6.45) is 0. The molecule has 2 nitrogen and oxygen atoms in total. The fourth-order valence-electron chi connectivity index (χ4n) is 2.00. The minimum absolute atomic E-state index is 0.0330. The number of rotatable bonds is 5. The summed E-state index contributed by atoms with van der Waals surface area (Å²) in [6.45, 7) is 2.89. The highest BCUT2D eigenvalue weighted by Gasteiger charge is 2.09. The number of aliphatic hydroxyl groups is 1. The van der Waals surface area contributed by atoms with Crippen molar-refractivity contribution in [3.05, 3.63) is 69.7 Å². The first-order valence-electron chi connectivity index (χ1n) is 6.35. The molecule has 0 fully saturated rings. The normalized spacial score (nSPS) is 12.4. The lowest BCUT2D eigenvalue weighted by Gasteiger charge is -2.17. The van der Waals surface area contributed by atoms with Crippen molar-refractivity contribution in [2.45, 2.75) is 19.5 Å². The predicted octanol–water partition coefficient (Wildman–Crippen LogP) is 3.58. The van der Waals surface area contributed by atoms with Gasteiger partial charge in [-0.05, 0) is 29.7 Å². The van der Waals surface area contributed by atoms with Crippen molar-refractivity contribution in [3.8, 4) is 0 Å². The highest BCUT2D eigenvalue weighted by Crippen LogP contribution is 2.19. The minimum Gasteiger partial charge on any atom is -0.394 e. The monoisotopic (exact) mass is 319 g/mol. The third-order valence-corrected chi connectivity index (χ3v) is 3.87. The standard InChI is InChI=1S/C16H18BrNO/c1-12-7-8-14(15(17)9-12)10-18-16(11-19)13-5-3-2-4-6-13/h2-9,16,18-19H,10-11H2,1H3/t16-/m0/s1. The molecule has 0 saturated carbocycles. The third kappa shape index (κ3) is 3.90.